The molecule has 0 heterocycles. The van der Waals surface area contributed by atoms with Gasteiger partial charge in [0.15, 0.2) is 8.38 Å². The summed E-state index contributed by atoms with van der Waals surface area (Å²) in [5.41, 5.74) is 1.10. The van der Waals surface area contributed by atoms with Crippen molar-refractivity contribution in [1.29, 1.82) is 0 Å². The molecule has 0 saturated carbocycles. The molecule has 88 valence electrons. The van der Waals surface area contributed by atoms with Crippen LogP contribution >= 0.6 is 8.38 Å². The highest BCUT2D eigenvalue weighted by Gasteiger charge is 2.03. The van der Waals surface area contributed by atoms with Crippen LogP contribution in [0.1, 0.15) is 5.56 Å². The topological polar surface area (TPSA) is 49.7 Å². The lowest BCUT2D eigenvalue weighted by atomic mass is 10.2. The van der Waals surface area contributed by atoms with Crippen LogP contribution in [0.5, 0.6) is 5.75 Å². The molecule has 0 fully saturated rings. The van der Waals surface area contributed by atoms with Crippen molar-refractivity contribution in [2.75, 3.05) is 0 Å². The first kappa shape index (κ1) is 12.1. The predicted octanol–water partition coefficient (Wildman–Crippen LogP) is 2.19. The molecule has 0 unspecified atom stereocenters. The van der Waals surface area contributed by atoms with E-state index in [0.717, 1.165) is 11.3 Å². The SMILES string of the molecule is OP(O)c1ccc(OCc2ccccc2)cc1. The Hall–Kier alpha value is -1.41. The Labute approximate surface area is 101 Å². The van der Waals surface area contributed by atoms with Crippen LogP contribution in [-0.4, -0.2) is 9.79 Å². The van der Waals surface area contributed by atoms with Crippen LogP contribution in [0.25, 0.3) is 0 Å². The van der Waals surface area contributed by atoms with Gasteiger partial charge < -0.3 is 14.5 Å². The van der Waals surface area contributed by atoms with Gasteiger partial charge in [0, 0.05) is 5.30 Å². The number of hydrogen-bond donors (Lipinski definition) is 2. The Kier molecular flexibility index (Phi) is 4.10. The van der Waals surface area contributed by atoms with E-state index in [0.29, 0.717) is 11.9 Å². The fraction of sp³-hybridized carbons (Fsp3) is 0.0769. The van der Waals surface area contributed by atoms with Crippen LogP contribution in [-0.2, 0) is 6.61 Å². The third-order valence-corrected chi connectivity index (χ3v) is 3.08. The van der Waals surface area contributed by atoms with Gasteiger partial charge in [0.1, 0.15) is 12.4 Å². The maximum absolute atomic E-state index is 9.00. The minimum atomic E-state index is -2.02. The van der Waals surface area contributed by atoms with E-state index in [2.05, 4.69) is 0 Å². The number of ether oxygens (including phenoxy) is 1. The lowest BCUT2D eigenvalue weighted by Gasteiger charge is -2.07. The van der Waals surface area contributed by atoms with Gasteiger partial charge in [-0.05, 0) is 29.8 Å². The zero-order valence-electron chi connectivity index (χ0n) is 9.15. The third-order valence-electron chi connectivity index (χ3n) is 2.32. The summed E-state index contributed by atoms with van der Waals surface area (Å²) in [6, 6.07) is 16.7. The maximum Gasteiger partial charge on any atom is 0.199 e. The van der Waals surface area contributed by atoms with E-state index in [1.807, 2.05) is 30.3 Å². The van der Waals surface area contributed by atoms with Gasteiger partial charge in [-0.2, -0.15) is 0 Å². The Morgan fingerprint density at radius 1 is 0.882 bits per heavy atom. The molecule has 0 atom stereocenters. The second kappa shape index (κ2) is 5.78. The lowest BCUT2D eigenvalue weighted by molar-refractivity contribution is 0.306. The number of rotatable bonds is 4. The zero-order chi connectivity index (χ0) is 12.1. The minimum Gasteiger partial charge on any atom is -0.489 e. The highest BCUT2D eigenvalue weighted by Crippen LogP contribution is 2.23. The first-order valence-electron chi connectivity index (χ1n) is 5.20. The van der Waals surface area contributed by atoms with Crippen LogP contribution < -0.4 is 10.0 Å². The van der Waals surface area contributed by atoms with Gasteiger partial charge in [-0.3, -0.25) is 0 Å². The smallest absolute Gasteiger partial charge is 0.199 e. The van der Waals surface area contributed by atoms with Gasteiger partial charge in [0.2, 0.25) is 0 Å². The van der Waals surface area contributed by atoms with Crippen LogP contribution in [0, 0.1) is 0 Å². The molecular weight excluding hydrogens is 235 g/mol. The standard InChI is InChI=1S/C13H13O3P/c14-17(15)13-8-6-12(7-9-13)16-10-11-4-2-1-3-5-11/h1-9,14-15H,10H2. The molecule has 4 heteroatoms. The molecule has 2 rings (SSSR count). The largest absolute Gasteiger partial charge is 0.489 e. The third kappa shape index (κ3) is 3.53. The molecule has 0 aromatic heterocycles. The normalized spacial score (nSPS) is 10.5. The first-order valence-corrected chi connectivity index (χ1v) is 6.45. The van der Waals surface area contributed by atoms with Crippen LogP contribution in [0.2, 0.25) is 0 Å². The molecule has 2 aromatic rings. The average molecular weight is 248 g/mol. The van der Waals surface area contributed by atoms with Crippen molar-refractivity contribution in [2.24, 2.45) is 0 Å². The van der Waals surface area contributed by atoms with E-state index in [4.69, 9.17) is 14.5 Å². The summed E-state index contributed by atoms with van der Waals surface area (Å²) in [4.78, 5) is 18.0. The van der Waals surface area contributed by atoms with E-state index in [-0.39, 0.29) is 0 Å². The van der Waals surface area contributed by atoms with Crippen molar-refractivity contribution < 1.29 is 14.5 Å². The Balaban J connectivity index is 1.96. The summed E-state index contributed by atoms with van der Waals surface area (Å²) >= 11 is 0. The molecule has 17 heavy (non-hydrogen) atoms. The second-order valence-electron chi connectivity index (χ2n) is 3.56. The quantitative estimate of drug-likeness (QED) is 0.815. The molecule has 0 amide bonds. The van der Waals surface area contributed by atoms with Crippen molar-refractivity contribution in [2.45, 2.75) is 6.61 Å². The fourth-order valence-electron chi connectivity index (χ4n) is 1.42. The summed E-state index contributed by atoms with van der Waals surface area (Å²) in [5, 5.41) is 0.520. The maximum atomic E-state index is 9.00. The molecule has 0 radical (unpaired) electrons. The highest BCUT2D eigenvalue weighted by molar-refractivity contribution is 7.54. The van der Waals surface area contributed by atoms with Gasteiger partial charge in [0.25, 0.3) is 0 Å². The molecule has 2 N–H and O–H groups in total. The zero-order valence-corrected chi connectivity index (χ0v) is 10.0. The number of benzene rings is 2. The summed E-state index contributed by atoms with van der Waals surface area (Å²) < 4.78 is 5.57. The molecule has 0 aliphatic rings. The molecule has 0 bridgehead atoms. The van der Waals surface area contributed by atoms with Gasteiger partial charge in [-0.25, -0.2) is 0 Å². The van der Waals surface area contributed by atoms with Crippen molar-refractivity contribution in [1.82, 2.24) is 0 Å². The first-order chi connectivity index (χ1) is 8.25. The van der Waals surface area contributed by atoms with Gasteiger partial charge >= 0.3 is 0 Å². The van der Waals surface area contributed by atoms with Crippen LogP contribution in [0.15, 0.2) is 54.6 Å². The molecule has 0 aliphatic carbocycles. The molecule has 0 aliphatic heterocycles. The van der Waals surface area contributed by atoms with Gasteiger partial charge in [-0.1, -0.05) is 30.3 Å². The van der Waals surface area contributed by atoms with E-state index >= 15 is 0 Å². The second-order valence-corrected chi connectivity index (χ2v) is 4.65. The summed E-state index contributed by atoms with van der Waals surface area (Å²) in [6.45, 7) is 0.507. The van der Waals surface area contributed by atoms with Crippen molar-refractivity contribution in [3.63, 3.8) is 0 Å². The van der Waals surface area contributed by atoms with Crippen LogP contribution in [0.4, 0.5) is 0 Å². The van der Waals surface area contributed by atoms with E-state index in [1.165, 1.54) is 0 Å². The average Bonchev–Trinajstić information content (AvgIpc) is 2.38. The fourth-order valence-corrected chi connectivity index (χ4v) is 1.83. The van der Waals surface area contributed by atoms with Gasteiger partial charge in [-0.15, -0.1) is 0 Å². The lowest BCUT2D eigenvalue weighted by Crippen LogP contribution is -2.00. The Morgan fingerprint density at radius 3 is 2.12 bits per heavy atom. The highest BCUT2D eigenvalue weighted by atomic mass is 31.2. The van der Waals surface area contributed by atoms with Crippen molar-refractivity contribution >= 4 is 13.7 Å². The molecule has 2 aromatic carbocycles. The Morgan fingerprint density at radius 2 is 1.53 bits per heavy atom. The van der Waals surface area contributed by atoms with Gasteiger partial charge in [0.05, 0.1) is 0 Å². The summed E-state index contributed by atoms with van der Waals surface area (Å²) in [6.07, 6.45) is 0. The van der Waals surface area contributed by atoms with Crippen LogP contribution in [0.3, 0.4) is 0 Å². The van der Waals surface area contributed by atoms with E-state index in [1.54, 1.807) is 24.3 Å². The minimum absolute atomic E-state index is 0.507. The van der Waals surface area contributed by atoms with Crippen molar-refractivity contribution in [3.05, 3.63) is 60.2 Å². The van der Waals surface area contributed by atoms with E-state index in [9.17, 15) is 0 Å². The predicted molar refractivity (Wildman–Crippen MR) is 68.2 cm³/mol. The molecule has 3 nitrogen and oxygen atoms in total. The van der Waals surface area contributed by atoms with E-state index < -0.39 is 8.38 Å². The number of hydrogen-bond acceptors (Lipinski definition) is 3. The Bertz CT molecular complexity index is 454. The summed E-state index contributed by atoms with van der Waals surface area (Å²) in [7, 11) is -2.02. The molecule has 0 saturated heterocycles. The molecular formula is C13H13O3P. The summed E-state index contributed by atoms with van der Waals surface area (Å²) in [5.74, 6) is 0.717. The van der Waals surface area contributed by atoms with Crippen molar-refractivity contribution in [3.8, 4) is 5.75 Å². The monoisotopic (exact) mass is 248 g/mol. The molecule has 0 spiro atoms.